The second kappa shape index (κ2) is 7.55. The van der Waals surface area contributed by atoms with Crippen LogP contribution in [-0.4, -0.2) is 47.0 Å². The second-order valence-corrected chi connectivity index (χ2v) is 6.48. The largest absolute Gasteiger partial charge is 0.376 e. The van der Waals surface area contributed by atoms with E-state index in [0.717, 1.165) is 19.4 Å². The predicted octanol–water partition coefficient (Wildman–Crippen LogP) is 0.884. The highest BCUT2D eigenvalue weighted by atomic mass is 32.2. The molecule has 1 fully saturated rings. The third-order valence-electron chi connectivity index (χ3n) is 2.57. The third kappa shape index (κ3) is 5.06. The SMILES string of the molecule is CC(=O)Nc1nnc(SCC(=O)NC[C@@H]2CCCO2)s1. The molecule has 1 saturated heterocycles. The van der Waals surface area contributed by atoms with E-state index < -0.39 is 0 Å². The van der Waals surface area contributed by atoms with Crippen LogP contribution in [0.3, 0.4) is 0 Å². The fourth-order valence-electron chi connectivity index (χ4n) is 1.68. The van der Waals surface area contributed by atoms with Crippen LogP contribution in [0.15, 0.2) is 4.34 Å². The highest BCUT2D eigenvalue weighted by Crippen LogP contribution is 2.25. The van der Waals surface area contributed by atoms with Crippen molar-refractivity contribution in [2.24, 2.45) is 0 Å². The number of carbonyl (C=O) groups excluding carboxylic acids is 2. The molecule has 2 rings (SSSR count). The first kappa shape index (κ1) is 15.2. The fourth-order valence-corrected chi connectivity index (χ4v) is 3.31. The Bertz CT molecular complexity index is 474. The highest BCUT2D eigenvalue weighted by molar-refractivity contribution is 8.01. The molecule has 2 heterocycles. The lowest BCUT2D eigenvalue weighted by Crippen LogP contribution is -2.32. The first-order chi connectivity index (χ1) is 9.63. The molecule has 0 saturated carbocycles. The van der Waals surface area contributed by atoms with Gasteiger partial charge in [0.1, 0.15) is 0 Å². The summed E-state index contributed by atoms with van der Waals surface area (Å²) in [6.07, 6.45) is 2.22. The summed E-state index contributed by atoms with van der Waals surface area (Å²) in [6, 6.07) is 0. The summed E-state index contributed by atoms with van der Waals surface area (Å²) in [7, 11) is 0. The molecule has 110 valence electrons. The van der Waals surface area contributed by atoms with Crippen molar-refractivity contribution >= 4 is 40.0 Å². The van der Waals surface area contributed by atoms with Crippen molar-refractivity contribution in [1.29, 1.82) is 0 Å². The first-order valence-corrected chi connectivity index (χ1v) is 8.06. The molecule has 20 heavy (non-hydrogen) atoms. The standard InChI is InChI=1S/C11H16N4O3S2/c1-7(16)13-10-14-15-11(20-10)19-6-9(17)12-5-8-3-2-4-18-8/h8H,2-6H2,1H3,(H,12,17)(H,13,14,16)/t8-/m0/s1. The van der Waals surface area contributed by atoms with Gasteiger partial charge in [0.2, 0.25) is 16.9 Å². The molecule has 0 bridgehead atoms. The summed E-state index contributed by atoms with van der Waals surface area (Å²) >= 11 is 2.55. The molecule has 9 heteroatoms. The number of carbonyl (C=O) groups is 2. The lowest BCUT2D eigenvalue weighted by molar-refractivity contribution is -0.119. The van der Waals surface area contributed by atoms with E-state index in [0.29, 0.717) is 16.0 Å². The average Bonchev–Trinajstić information content (AvgIpc) is 3.04. The van der Waals surface area contributed by atoms with Gasteiger partial charge in [-0.2, -0.15) is 0 Å². The molecule has 2 N–H and O–H groups in total. The maximum absolute atomic E-state index is 11.7. The number of amides is 2. The number of nitrogens with one attached hydrogen (secondary N) is 2. The van der Waals surface area contributed by atoms with Gasteiger partial charge in [-0.15, -0.1) is 10.2 Å². The summed E-state index contributed by atoms with van der Waals surface area (Å²) in [5.74, 6) is 0.0373. The van der Waals surface area contributed by atoms with E-state index in [9.17, 15) is 9.59 Å². The van der Waals surface area contributed by atoms with Gasteiger partial charge < -0.3 is 15.4 Å². The van der Waals surface area contributed by atoms with Crippen molar-refractivity contribution in [3.63, 3.8) is 0 Å². The lowest BCUT2D eigenvalue weighted by atomic mass is 10.2. The van der Waals surface area contributed by atoms with Gasteiger partial charge in [0, 0.05) is 20.1 Å². The van der Waals surface area contributed by atoms with Crippen LogP contribution in [0, 0.1) is 0 Å². The Labute approximate surface area is 124 Å². The predicted molar refractivity (Wildman–Crippen MR) is 76.9 cm³/mol. The van der Waals surface area contributed by atoms with Crippen molar-refractivity contribution in [3.05, 3.63) is 0 Å². The maximum atomic E-state index is 11.7. The Morgan fingerprint density at radius 3 is 3.05 bits per heavy atom. The fraction of sp³-hybridized carbons (Fsp3) is 0.636. The number of ether oxygens (including phenoxy) is 1. The summed E-state index contributed by atoms with van der Waals surface area (Å²) in [6.45, 7) is 2.76. The molecule has 0 spiro atoms. The highest BCUT2D eigenvalue weighted by Gasteiger charge is 2.16. The molecule has 1 aliphatic heterocycles. The van der Waals surface area contributed by atoms with Gasteiger partial charge in [-0.1, -0.05) is 23.1 Å². The quantitative estimate of drug-likeness (QED) is 0.598. The van der Waals surface area contributed by atoms with Gasteiger partial charge in [0.05, 0.1) is 11.9 Å². The van der Waals surface area contributed by atoms with E-state index in [1.165, 1.54) is 30.0 Å². The van der Waals surface area contributed by atoms with Crippen LogP contribution in [0.5, 0.6) is 0 Å². The van der Waals surface area contributed by atoms with Crippen molar-refractivity contribution in [2.75, 3.05) is 24.2 Å². The molecule has 0 aromatic carbocycles. The zero-order valence-corrected chi connectivity index (χ0v) is 12.7. The van der Waals surface area contributed by atoms with E-state index in [-0.39, 0.29) is 23.7 Å². The Morgan fingerprint density at radius 2 is 2.35 bits per heavy atom. The van der Waals surface area contributed by atoms with E-state index in [2.05, 4.69) is 20.8 Å². The number of hydrogen-bond donors (Lipinski definition) is 2. The lowest BCUT2D eigenvalue weighted by Gasteiger charge is -2.09. The molecule has 2 amide bonds. The number of hydrogen-bond acceptors (Lipinski definition) is 7. The topological polar surface area (TPSA) is 93.2 Å². The number of rotatable bonds is 6. The molecule has 7 nitrogen and oxygen atoms in total. The van der Waals surface area contributed by atoms with E-state index in [4.69, 9.17) is 4.74 Å². The summed E-state index contributed by atoms with van der Waals surface area (Å²) in [4.78, 5) is 22.5. The average molecular weight is 316 g/mol. The zero-order chi connectivity index (χ0) is 14.4. The minimum absolute atomic E-state index is 0.0539. The van der Waals surface area contributed by atoms with Crippen molar-refractivity contribution in [1.82, 2.24) is 15.5 Å². The molecule has 1 aliphatic rings. The minimum atomic E-state index is -0.188. The van der Waals surface area contributed by atoms with Crippen LogP contribution in [0.25, 0.3) is 0 Å². The number of thioether (sulfide) groups is 1. The Morgan fingerprint density at radius 1 is 1.50 bits per heavy atom. The zero-order valence-electron chi connectivity index (χ0n) is 11.0. The van der Waals surface area contributed by atoms with E-state index >= 15 is 0 Å². The maximum Gasteiger partial charge on any atom is 0.230 e. The number of nitrogens with zero attached hydrogens (tertiary/aromatic N) is 2. The summed E-state index contributed by atoms with van der Waals surface area (Å²) in [5.41, 5.74) is 0. The van der Waals surface area contributed by atoms with Gasteiger partial charge >= 0.3 is 0 Å². The monoisotopic (exact) mass is 316 g/mol. The smallest absolute Gasteiger partial charge is 0.230 e. The van der Waals surface area contributed by atoms with Gasteiger partial charge in [0.15, 0.2) is 4.34 Å². The van der Waals surface area contributed by atoms with Crippen LogP contribution in [-0.2, 0) is 14.3 Å². The normalized spacial score (nSPS) is 17.9. The molecule has 0 unspecified atom stereocenters. The van der Waals surface area contributed by atoms with Crippen LogP contribution in [0.2, 0.25) is 0 Å². The first-order valence-electron chi connectivity index (χ1n) is 6.25. The Kier molecular flexibility index (Phi) is 5.74. The molecular weight excluding hydrogens is 300 g/mol. The van der Waals surface area contributed by atoms with Gasteiger partial charge in [0.25, 0.3) is 0 Å². The van der Waals surface area contributed by atoms with Gasteiger partial charge in [-0.25, -0.2) is 0 Å². The van der Waals surface area contributed by atoms with Crippen molar-refractivity contribution < 1.29 is 14.3 Å². The summed E-state index contributed by atoms with van der Waals surface area (Å²) in [5, 5.41) is 13.5. The van der Waals surface area contributed by atoms with Crippen LogP contribution in [0.4, 0.5) is 5.13 Å². The molecule has 1 atom stereocenters. The Hall–Kier alpha value is -1.19. The van der Waals surface area contributed by atoms with Crippen molar-refractivity contribution in [3.8, 4) is 0 Å². The van der Waals surface area contributed by atoms with Gasteiger partial charge in [-0.3, -0.25) is 9.59 Å². The van der Waals surface area contributed by atoms with Crippen LogP contribution in [0.1, 0.15) is 19.8 Å². The number of aromatic nitrogens is 2. The third-order valence-corrected chi connectivity index (χ3v) is 4.54. The van der Waals surface area contributed by atoms with Crippen LogP contribution >= 0.6 is 23.1 Å². The van der Waals surface area contributed by atoms with E-state index in [1.807, 2.05) is 0 Å². The second-order valence-electron chi connectivity index (χ2n) is 4.28. The van der Waals surface area contributed by atoms with Crippen LogP contribution < -0.4 is 10.6 Å². The van der Waals surface area contributed by atoms with Gasteiger partial charge in [-0.05, 0) is 12.8 Å². The summed E-state index contributed by atoms with van der Waals surface area (Å²) < 4.78 is 6.08. The molecule has 1 aromatic heterocycles. The number of anilines is 1. The van der Waals surface area contributed by atoms with Crippen molar-refractivity contribution in [2.45, 2.75) is 30.2 Å². The molecule has 1 aromatic rings. The molecule has 0 aliphatic carbocycles. The van der Waals surface area contributed by atoms with E-state index in [1.54, 1.807) is 0 Å². The molecule has 0 radical (unpaired) electrons. The Balaban J connectivity index is 1.67. The molecular formula is C11H16N4O3S2. The minimum Gasteiger partial charge on any atom is -0.376 e.